The van der Waals surface area contributed by atoms with Crippen molar-refractivity contribution in [2.45, 2.75) is 13.3 Å². The number of rotatable bonds is 5. The van der Waals surface area contributed by atoms with Crippen molar-refractivity contribution in [2.75, 3.05) is 6.58 Å². The third kappa shape index (κ3) is 4.35. The molecule has 0 aromatic heterocycles. The maximum Gasteiger partial charge on any atom is 0.546 e. The number of hydrogen-bond acceptors (Lipinski definition) is 6. The van der Waals surface area contributed by atoms with Crippen LogP contribution in [0.5, 0.6) is 0 Å². The average molecular weight is 214 g/mol. The summed E-state index contributed by atoms with van der Waals surface area (Å²) in [5, 5.41) is 8.77. The van der Waals surface area contributed by atoms with E-state index >= 15 is 0 Å². The van der Waals surface area contributed by atoms with E-state index in [4.69, 9.17) is 11.4 Å². The van der Waals surface area contributed by atoms with Crippen molar-refractivity contribution in [3.05, 3.63) is 0 Å². The van der Waals surface area contributed by atoms with Crippen molar-refractivity contribution in [3.63, 3.8) is 0 Å². The molecule has 0 aliphatic rings. The van der Waals surface area contributed by atoms with Crippen LogP contribution in [0.15, 0.2) is 0 Å². The number of aliphatic hydroxyl groups excluding tert-OH is 1. The molecule has 0 aromatic rings. The smallest absolute Gasteiger partial charge is 0.395 e. The van der Waals surface area contributed by atoms with Gasteiger partial charge < -0.3 is 9.63 Å². The molecule has 0 saturated heterocycles. The molecule has 0 saturated carbocycles. The van der Waals surface area contributed by atoms with E-state index in [1.54, 1.807) is 0 Å². The summed E-state index contributed by atoms with van der Waals surface area (Å²) in [6.45, 7) is -0.208. The predicted molar refractivity (Wildman–Crippen MR) is 42.1 cm³/mol. The number of carbonyl (C=O) groups excluding carboxylic acids is 1. The Balaban J connectivity index is 4.40. The molecular weight excluding hydrogens is 201 g/mol. The normalized spacial score (nSPS) is 21.1. The molecule has 0 spiro atoms. The molecule has 8 heteroatoms. The van der Waals surface area contributed by atoms with Gasteiger partial charge >= 0.3 is 13.8 Å². The first-order chi connectivity index (χ1) is 6.34. The third-order valence-corrected chi connectivity index (χ3v) is 1.94. The van der Waals surface area contributed by atoms with Crippen LogP contribution in [0.4, 0.5) is 0 Å². The van der Waals surface area contributed by atoms with E-state index in [9.17, 15) is 9.36 Å². The second-order valence-corrected chi connectivity index (χ2v) is 3.48. The van der Waals surface area contributed by atoms with Gasteiger partial charge in [0.25, 0.3) is 0 Å². The van der Waals surface area contributed by atoms with Crippen LogP contribution in [0, 0.1) is 5.92 Å². The fraction of sp³-hybridized carbons (Fsp3) is 0.800. The Morgan fingerprint density at radius 3 is 2.69 bits per heavy atom. The number of phosphoric acid groups is 1. The summed E-state index contributed by atoms with van der Waals surface area (Å²) in [7, 11) is -4.60. The van der Waals surface area contributed by atoms with E-state index in [0.717, 1.165) is 0 Å². The first kappa shape index (κ1) is 10.6. The third-order valence-electron chi connectivity index (χ3n) is 1.26. The molecule has 7 nitrogen and oxygen atoms in total. The number of carbonyl (C=O) groups is 1. The lowest BCUT2D eigenvalue weighted by Gasteiger charge is -2.12. The van der Waals surface area contributed by atoms with Gasteiger partial charge in [-0.1, -0.05) is 6.92 Å². The second kappa shape index (κ2) is 5.31. The van der Waals surface area contributed by atoms with E-state index in [2.05, 4.69) is 15.0 Å². The molecule has 0 aliphatic heterocycles. The lowest BCUT2D eigenvalue weighted by Crippen LogP contribution is -2.20. The van der Waals surface area contributed by atoms with Crippen molar-refractivity contribution < 1.29 is 29.9 Å². The molecule has 3 atom stereocenters. The SMILES string of the molecule is [2H]C(O)C(CC)C(=O)OP(=O)(O)ON. The molecular formula is C5H12NO6P. The van der Waals surface area contributed by atoms with Crippen LogP contribution in [0.25, 0.3) is 0 Å². The Kier molecular flexibility index (Phi) is 4.34. The van der Waals surface area contributed by atoms with Gasteiger partial charge in [-0.05, 0) is 6.42 Å². The summed E-state index contributed by atoms with van der Waals surface area (Å²) >= 11 is 0. The fourth-order valence-electron chi connectivity index (χ4n) is 0.536. The summed E-state index contributed by atoms with van der Waals surface area (Å²) < 4.78 is 25.0. The summed E-state index contributed by atoms with van der Waals surface area (Å²) in [5.74, 6) is 1.97. The molecule has 0 rings (SSSR count). The van der Waals surface area contributed by atoms with E-state index in [0.29, 0.717) is 0 Å². The molecule has 0 aromatic carbocycles. The van der Waals surface area contributed by atoms with E-state index < -0.39 is 26.3 Å². The molecule has 78 valence electrons. The Morgan fingerprint density at radius 1 is 1.85 bits per heavy atom. The molecule has 0 radical (unpaired) electrons. The van der Waals surface area contributed by atoms with Gasteiger partial charge in [-0.2, -0.15) is 4.62 Å². The van der Waals surface area contributed by atoms with E-state index in [1.807, 2.05) is 0 Å². The highest BCUT2D eigenvalue weighted by Crippen LogP contribution is 2.41. The molecule has 3 unspecified atom stereocenters. The van der Waals surface area contributed by atoms with Crippen molar-refractivity contribution in [2.24, 2.45) is 11.8 Å². The molecule has 0 fully saturated rings. The van der Waals surface area contributed by atoms with Crippen LogP contribution in [0.3, 0.4) is 0 Å². The lowest BCUT2D eigenvalue weighted by molar-refractivity contribution is -0.142. The molecule has 0 amide bonds. The molecule has 0 heterocycles. The highest BCUT2D eigenvalue weighted by Gasteiger charge is 2.29. The van der Waals surface area contributed by atoms with E-state index in [1.165, 1.54) is 6.92 Å². The number of nitrogens with two attached hydrogens (primary N) is 1. The zero-order chi connectivity index (χ0) is 11.4. The highest BCUT2D eigenvalue weighted by atomic mass is 31.2. The van der Waals surface area contributed by atoms with Crippen molar-refractivity contribution in [1.82, 2.24) is 0 Å². The second-order valence-electron chi connectivity index (χ2n) is 2.15. The lowest BCUT2D eigenvalue weighted by atomic mass is 10.1. The minimum absolute atomic E-state index is 0.0913. The molecule has 4 N–H and O–H groups in total. The summed E-state index contributed by atoms with van der Waals surface area (Å²) in [6, 6.07) is 0. The Hall–Kier alpha value is -0.460. The Labute approximate surface area is 76.4 Å². The maximum atomic E-state index is 11.0. The Morgan fingerprint density at radius 2 is 2.38 bits per heavy atom. The van der Waals surface area contributed by atoms with Gasteiger partial charge in [0.05, 0.1) is 13.9 Å². The summed E-state index contributed by atoms with van der Waals surface area (Å²) in [5.41, 5.74) is 0. The van der Waals surface area contributed by atoms with Crippen LogP contribution in [0.1, 0.15) is 14.7 Å². The van der Waals surface area contributed by atoms with Gasteiger partial charge in [-0.3, -0.25) is 9.69 Å². The summed E-state index contributed by atoms with van der Waals surface area (Å²) in [4.78, 5) is 19.7. The molecule has 13 heavy (non-hydrogen) atoms. The van der Waals surface area contributed by atoms with Gasteiger partial charge in [-0.15, -0.1) is 0 Å². The minimum atomic E-state index is -4.60. The molecule has 0 bridgehead atoms. The average Bonchev–Trinajstić information content (AvgIpc) is 2.03. The van der Waals surface area contributed by atoms with Crippen LogP contribution in [0.2, 0.25) is 0 Å². The first-order valence-electron chi connectivity index (χ1n) is 3.96. The quantitative estimate of drug-likeness (QED) is 0.418. The number of aliphatic hydroxyl groups is 1. The monoisotopic (exact) mass is 214 g/mol. The number of hydrogen-bond donors (Lipinski definition) is 3. The van der Waals surface area contributed by atoms with Crippen molar-refractivity contribution in [1.29, 1.82) is 0 Å². The van der Waals surface area contributed by atoms with Crippen LogP contribution < -0.4 is 5.90 Å². The van der Waals surface area contributed by atoms with Gasteiger partial charge in [-0.25, -0.2) is 10.5 Å². The van der Waals surface area contributed by atoms with Crippen LogP contribution >= 0.6 is 7.82 Å². The van der Waals surface area contributed by atoms with Gasteiger partial charge in [0.2, 0.25) is 0 Å². The summed E-state index contributed by atoms with van der Waals surface area (Å²) in [6.07, 6.45) is 0.0913. The zero-order valence-electron chi connectivity index (χ0n) is 7.91. The van der Waals surface area contributed by atoms with Crippen molar-refractivity contribution in [3.8, 4) is 0 Å². The predicted octanol–water partition coefficient (Wildman–Crippen LogP) is -0.461. The number of phosphoric ester groups is 1. The van der Waals surface area contributed by atoms with E-state index in [-0.39, 0.29) is 6.42 Å². The Bertz CT molecular complexity index is 246. The minimum Gasteiger partial charge on any atom is -0.395 e. The van der Waals surface area contributed by atoms with Gasteiger partial charge in [0.15, 0.2) is 0 Å². The van der Waals surface area contributed by atoms with Gasteiger partial charge in [0, 0.05) is 0 Å². The highest BCUT2D eigenvalue weighted by molar-refractivity contribution is 7.47. The fourth-order valence-corrected chi connectivity index (χ4v) is 0.942. The van der Waals surface area contributed by atoms with Crippen LogP contribution in [-0.2, 0) is 18.5 Å². The van der Waals surface area contributed by atoms with Gasteiger partial charge in [0.1, 0.15) is 0 Å². The zero-order valence-corrected chi connectivity index (χ0v) is 7.81. The topological polar surface area (TPSA) is 119 Å². The van der Waals surface area contributed by atoms with Crippen LogP contribution in [-0.4, -0.2) is 22.6 Å². The standard InChI is InChI=1S/C5H12NO6P/c1-2-4(3-7)5(8)11-13(9,10)12-6/h4,7H,2-3,6H2,1H3,(H,9,10)/i3D. The molecule has 0 aliphatic carbocycles. The maximum absolute atomic E-state index is 11.0. The first-order valence-corrected chi connectivity index (χ1v) is 4.88. The largest absolute Gasteiger partial charge is 0.546 e. The van der Waals surface area contributed by atoms with Crippen molar-refractivity contribution >= 4 is 13.8 Å².